The van der Waals surface area contributed by atoms with Crippen molar-refractivity contribution in [3.8, 4) is 0 Å². The Balaban J connectivity index is 1.36. The molecular formula is C25H31FN4O2. The first kappa shape index (κ1) is 23.6. The number of hydrazine groups is 1. The van der Waals surface area contributed by atoms with Gasteiger partial charge in [0.1, 0.15) is 11.9 Å². The standard InChI is InChI=1S/C25H31FN4O2/c1-18(27-24(31)15-10-19-7-4-3-5-8-19)25(32)30(2)16-6-9-22-17-23(29-28-22)20-11-13-21(26)14-12-20/h3-5,7-8,10-15,18,22-23,28-29H,6,9,16-17H2,1-2H3,(H,27,31)/b15-10+. The second-order valence-corrected chi connectivity index (χ2v) is 8.20. The highest BCUT2D eigenvalue weighted by Crippen LogP contribution is 2.24. The average Bonchev–Trinajstić information content (AvgIpc) is 3.27. The Morgan fingerprint density at radius 3 is 2.59 bits per heavy atom. The molecule has 1 saturated heterocycles. The maximum Gasteiger partial charge on any atom is 0.244 e. The van der Waals surface area contributed by atoms with Crippen molar-refractivity contribution in [2.75, 3.05) is 13.6 Å². The quantitative estimate of drug-likeness (QED) is 0.526. The van der Waals surface area contributed by atoms with Gasteiger partial charge in [0, 0.05) is 31.8 Å². The highest BCUT2D eigenvalue weighted by Gasteiger charge is 2.25. The van der Waals surface area contributed by atoms with Crippen molar-refractivity contribution in [3.63, 3.8) is 0 Å². The van der Waals surface area contributed by atoms with E-state index in [1.54, 1.807) is 37.1 Å². The second kappa shape index (κ2) is 11.5. The van der Waals surface area contributed by atoms with Gasteiger partial charge in [-0.25, -0.2) is 4.39 Å². The molecule has 3 rings (SSSR count). The zero-order chi connectivity index (χ0) is 22.9. The molecule has 1 heterocycles. The van der Waals surface area contributed by atoms with Crippen molar-refractivity contribution >= 4 is 17.9 Å². The van der Waals surface area contributed by atoms with E-state index in [9.17, 15) is 14.0 Å². The molecule has 3 atom stereocenters. The fraction of sp³-hybridized carbons (Fsp3) is 0.360. The Morgan fingerprint density at radius 2 is 1.88 bits per heavy atom. The summed E-state index contributed by atoms with van der Waals surface area (Å²) in [5.41, 5.74) is 8.53. The molecule has 0 aromatic heterocycles. The summed E-state index contributed by atoms with van der Waals surface area (Å²) in [7, 11) is 1.76. The molecule has 1 aliphatic heterocycles. The van der Waals surface area contributed by atoms with Crippen molar-refractivity contribution in [1.82, 2.24) is 21.1 Å². The lowest BCUT2D eigenvalue weighted by Gasteiger charge is -2.22. The van der Waals surface area contributed by atoms with Crippen LogP contribution in [0.3, 0.4) is 0 Å². The van der Waals surface area contributed by atoms with Crippen molar-refractivity contribution in [2.45, 2.75) is 44.3 Å². The van der Waals surface area contributed by atoms with Crippen LogP contribution in [0.2, 0.25) is 0 Å². The topological polar surface area (TPSA) is 73.5 Å². The number of benzene rings is 2. The molecule has 3 N–H and O–H groups in total. The Kier molecular flexibility index (Phi) is 8.53. The minimum absolute atomic E-state index is 0.117. The lowest BCUT2D eigenvalue weighted by molar-refractivity contribution is -0.134. The maximum absolute atomic E-state index is 13.1. The van der Waals surface area contributed by atoms with E-state index in [4.69, 9.17) is 0 Å². The minimum Gasteiger partial charge on any atom is -0.344 e. The third-order valence-corrected chi connectivity index (χ3v) is 5.63. The van der Waals surface area contributed by atoms with Crippen molar-refractivity contribution in [3.05, 3.63) is 77.6 Å². The summed E-state index contributed by atoms with van der Waals surface area (Å²) in [5, 5.41) is 2.72. The van der Waals surface area contributed by atoms with Gasteiger partial charge in [-0.1, -0.05) is 42.5 Å². The summed E-state index contributed by atoms with van der Waals surface area (Å²) in [6.07, 6.45) is 5.81. The minimum atomic E-state index is -0.595. The zero-order valence-corrected chi connectivity index (χ0v) is 18.6. The number of likely N-dealkylation sites (N-methyl/N-ethyl adjacent to an activating group) is 1. The van der Waals surface area contributed by atoms with Gasteiger partial charge < -0.3 is 10.2 Å². The molecule has 6 nitrogen and oxygen atoms in total. The second-order valence-electron chi connectivity index (χ2n) is 8.20. The molecule has 170 valence electrons. The number of nitrogens with one attached hydrogen (secondary N) is 3. The van der Waals surface area contributed by atoms with Crippen molar-refractivity contribution in [2.24, 2.45) is 0 Å². The molecule has 2 aromatic carbocycles. The number of nitrogens with zero attached hydrogens (tertiary/aromatic N) is 1. The van der Waals surface area contributed by atoms with E-state index in [0.29, 0.717) is 6.54 Å². The van der Waals surface area contributed by atoms with Crippen LogP contribution in [0.5, 0.6) is 0 Å². The third-order valence-electron chi connectivity index (χ3n) is 5.63. The highest BCUT2D eigenvalue weighted by atomic mass is 19.1. The van der Waals surface area contributed by atoms with E-state index >= 15 is 0 Å². The molecule has 0 saturated carbocycles. The first-order valence-electron chi connectivity index (χ1n) is 11.0. The lowest BCUT2D eigenvalue weighted by Crippen LogP contribution is -2.45. The summed E-state index contributed by atoms with van der Waals surface area (Å²) < 4.78 is 13.1. The first-order chi connectivity index (χ1) is 15.4. The molecule has 0 radical (unpaired) electrons. The number of amides is 2. The molecule has 2 aromatic rings. The molecule has 32 heavy (non-hydrogen) atoms. The number of hydrogen-bond acceptors (Lipinski definition) is 4. The van der Waals surface area contributed by atoms with Crippen molar-refractivity contribution in [1.29, 1.82) is 0 Å². The molecule has 0 spiro atoms. The summed E-state index contributed by atoms with van der Waals surface area (Å²) in [6.45, 7) is 2.31. The fourth-order valence-corrected chi connectivity index (χ4v) is 3.80. The van der Waals surface area contributed by atoms with Gasteiger partial charge in [0.05, 0.1) is 0 Å². The van der Waals surface area contributed by atoms with Crippen molar-refractivity contribution < 1.29 is 14.0 Å². The van der Waals surface area contributed by atoms with E-state index in [-0.39, 0.29) is 29.7 Å². The van der Waals surface area contributed by atoms with Gasteiger partial charge >= 0.3 is 0 Å². The molecule has 3 unspecified atom stereocenters. The Bertz CT molecular complexity index is 917. The average molecular weight is 439 g/mol. The van der Waals surface area contributed by atoms with Crippen LogP contribution in [0.25, 0.3) is 6.08 Å². The van der Waals surface area contributed by atoms with Crippen LogP contribution in [0, 0.1) is 5.82 Å². The molecule has 0 bridgehead atoms. The zero-order valence-electron chi connectivity index (χ0n) is 18.6. The normalized spacial score (nSPS) is 19.1. The number of carbonyl (C=O) groups excluding carboxylic acids is 2. The number of halogens is 1. The van der Waals surface area contributed by atoms with E-state index in [1.165, 1.54) is 18.2 Å². The summed E-state index contributed by atoms with van der Waals surface area (Å²) in [4.78, 5) is 26.3. The van der Waals surface area contributed by atoms with E-state index in [2.05, 4.69) is 16.2 Å². The predicted molar refractivity (Wildman–Crippen MR) is 124 cm³/mol. The monoisotopic (exact) mass is 438 g/mol. The largest absolute Gasteiger partial charge is 0.344 e. The molecular weight excluding hydrogens is 407 g/mol. The van der Waals surface area contributed by atoms with Gasteiger partial charge in [0.25, 0.3) is 0 Å². The number of carbonyl (C=O) groups is 2. The first-order valence-corrected chi connectivity index (χ1v) is 11.0. The Morgan fingerprint density at radius 1 is 1.16 bits per heavy atom. The SMILES string of the molecule is CC(NC(=O)/C=C/c1ccccc1)C(=O)N(C)CCCC1CC(c2ccc(F)cc2)NN1. The van der Waals surface area contributed by atoms with Crippen LogP contribution in [0.1, 0.15) is 43.4 Å². The highest BCUT2D eigenvalue weighted by molar-refractivity contribution is 5.95. The summed E-state index contributed by atoms with van der Waals surface area (Å²) in [5.74, 6) is -0.647. The molecule has 1 aliphatic rings. The number of hydrogen-bond donors (Lipinski definition) is 3. The van der Waals surface area contributed by atoms with Gasteiger partial charge in [0.2, 0.25) is 11.8 Å². The molecule has 0 aliphatic carbocycles. The number of rotatable bonds is 9. The van der Waals surface area contributed by atoms with Gasteiger partial charge in [-0.05, 0) is 55.5 Å². The van der Waals surface area contributed by atoms with Crippen LogP contribution in [-0.4, -0.2) is 42.4 Å². The Hall–Kier alpha value is -3.03. The van der Waals surface area contributed by atoms with Crippen LogP contribution >= 0.6 is 0 Å². The van der Waals surface area contributed by atoms with E-state index in [1.807, 2.05) is 30.3 Å². The smallest absolute Gasteiger partial charge is 0.244 e. The molecule has 7 heteroatoms. The van der Waals surface area contributed by atoms with Crippen LogP contribution < -0.4 is 16.2 Å². The lowest BCUT2D eigenvalue weighted by atomic mass is 9.99. The van der Waals surface area contributed by atoms with Gasteiger partial charge in [-0.2, -0.15) is 0 Å². The molecule has 2 amide bonds. The third kappa shape index (κ3) is 7.00. The summed E-state index contributed by atoms with van der Waals surface area (Å²) in [6, 6.07) is 15.9. The maximum atomic E-state index is 13.1. The van der Waals surface area contributed by atoms with Crippen LogP contribution in [-0.2, 0) is 9.59 Å². The van der Waals surface area contributed by atoms with Gasteiger partial charge in [-0.15, -0.1) is 0 Å². The van der Waals surface area contributed by atoms with E-state index < -0.39 is 6.04 Å². The van der Waals surface area contributed by atoms with Crippen LogP contribution in [0.15, 0.2) is 60.7 Å². The predicted octanol–water partition coefficient (Wildman–Crippen LogP) is 3.19. The van der Waals surface area contributed by atoms with Gasteiger partial charge in [-0.3, -0.25) is 20.4 Å². The van der Waals surface area contributed by atoms with Gasteiger partial charge in [0.15, 0.2) is 0 Å². The van der Waals surface area contributed by atoms with Crippen LogP contribution in [0.4, 0.5) is 4.39 Å². The fourth-order valence-electron chi connectivity index (χ4n) is 3.80. The Labute approximate surface area is 188 Å². The summed E-state index contributed by atoms with van der Waals surface area (Å²) >= 11 is 0. The molecule has 1 fully saturated rings. The van der Waals surface area contributed by atoms with E-state index in [0.717, 1.165) is 30.4 Å².